The molecular weight excluding hydrogens is 404 g/mol. The van der Waals surface area contributed by atoms with Gasteiger partial charge in [-0.15, -0.1) is 11.3 Å². The van der Waals surface area contributed by atoms with Crippen LogP contribution in [0.5, 0.6) is 0 Å². The molecule has 0 fully saturated rings. The van der Waals surface area contributed by atoms with E-state index in [1.165, 1.54) is 11.3 Å². The van der Waals surface area contributed by atoms with Crippen LogP contribution in [-0.2, 0) is 17.8 Å². The van der Waals surface area contributed by atoms with Gasteiger partial charge in [0.1, 0.15) is 5.00 Å². The minimum atomic E-state index is -0.209. The van der Waals surface area contributed by atoms with Crippen LogP contribution in [0.4, 0.5) is 5.00 Å². The van der Waals surface area contributed by atoms with Gasteiger partial charge in [0.25, 0.3) is 5.91 Å². The molecule has 0 saturated heterocycles. The standard InChI is InChI=1S/C26H22N2O2S/c29-23(16-19-10-4-1-5-11-19)28-26-24(22(18-31-26)21-14-8-3-9-15-21)25(30)27-17-20-12-6-2-7-13-20/h1-15,18H,16-17H2,(H,27,30)(H,28,29). The van der Waals surface area contributed by atoms with Crippen LogP contribution < -0.4 is 10.6 Å². The van der Waals surface area contributed by atoms with Gasteiger partial charge in [-0.05, 0) is 16.7 Å². The molecule has 0 radical (unpaired) electrons. The molecule has 4 nitrogen and oxygen atoms in total. The lowest BCUT2D eigenvalue weighted by Gasteiger charge is -2.11. The Balaban J connectivity index is 1.58. The molecule has 0 bridgehead atoms. The summed E-state index contributed by atoms with van der Waals surface area (Å²) in [5.41, 5.74) is 4.18. The van der Waals surface area contributed by atoms with E-state index < -0.39 is 0 Å². The van der Waals surface area contributed by atoms with Crippen molar-refractivity contribution in [3.05, 3.63) is 113 Å². The van der Waals surface area contributed by atoms with Crippen molar-refractivity contribution in [3.8, 4) is 11.1 Å². The van der Waals surface area contributed by atoms with Gasteiger partial charge in [-0.1, -0.05) is 91.0 Å². The van der Waals surface area contributed by atoms with Gasteiger partial charge in [0.05, 0.1) is 12.0 Å². The normalized spacial score (nSPS) is 10.5. The van der Waals surface area contributed by atoms with Gasteiger partial charge in [0, 0.05) is 17.5 Å². The van der Waals surface area contributed by atoms with E-state index in [-0.39, 0.29) is 18.2 Å². The second-order valence-corrected chi connectivity index (χ2v) is 7.98. The lowest BCUT2D eigenvalue weighted by Crippen LogP contribution is -2.25. The van der Waals surface area contributed by atoms with Crippen molar-refractivity contribution in [1.82, 2.24) is 5.32 Å². The highest BCUT2D eigenvalue weighted by atomic mass is 32.1. The minimum Gasteiger partial charge on any atom is -0.348 e. The van der Waals surface area contributed by atoms with Gasteiger partial charge in [-0.2, -0.15) is 0 Å². The van der Waals surface area contributed by atoms with Crippen molar-refractivity contribution in [2.75, 3.05) is 5.32 Å². The van der Waals surface area contributed by atoms with Gasteiger partial charge < -0.3 is 10.6 Å². The number of carbonyl (C=O) groups excluding carboxylic acids is 2. The number of anilines is 1. The fourth-order valence-corrected chi connectivity index (χ4v) is 4.31. The number of hydrogen-bond donors (Lipinski definition) is 2. The van der Waals surface area contributed by atoms with E-state index in [0.29, 0.717) is 17.1 Å². The highest BCUT2D eigenvalue weighted by Gasteiger charge is 2.21. The van der Waals surface area contributed by atoms with Gasteiger partial charge >= 0.3 is 0 Å². The Hall–Kier alpha value is -3.70. The summed E-state index contributed by atoms with van der Waals surface area (Å²) in [7, 11) is 0. The van der Waals surface area contributed by atoms with E-state index in [1.54, 1.807) is 0 Å². The molecule has 0 atom stereocenters. The monoisotopic (exact) mass is 426 g/mol. The number of nitrogens with one attached hydrogen (secondary N) is 2. The molecule has 1 heterocycles. The molecule has 3 aromatic carbocycles. The number of carbonyl (C=O) groups is 2. The predicted octanol–water partition coefficient (Wildman–Crippen LogP) is 5.53. The van der Waals surface area contributed by atoms with Gasteiger partial charge in [-0.3, -0.25) is 9.59 Å². The Kier molecular flexibility index (Phi) is 6.55. The van der Waals surface area contributed by atoms with Crippen LogP contribution in [0.2, 0.25) is 0 Å². The van der Waals surface area contributed by atoms with E-state index in [1.807, 2.05) is 96.4 Å². The van der Waals surface area contributed by atoms with Crippen molar-refractivity contribution >= 4 is 28.2 Å². The van der Waals surface area contributed by atoms with Crippen molar-refractivity contribution in [2.24, 2.45) is 0 Å². The molecule has 31 heavy (non-hydrogen) atoms. The summed E-state index contributed by atoms with van der Waals surface area (Å²) in [6.07, 6.45) is 0.254. The molecule has 0 aliphatic carbocycles. The third-order valence-electron chi connectivity index (χ3n) is 4.86. The van der Waals surface area contributed by atoms with Crippen LogP contribution in [0.25, 0.3) is 11.1 Å². The maximum atomic E-state index is 13.2. The zero-order chi connectivity index (χ0) is 21.5. The first kappa shape index (κ1) is 20.6. The lowest BCUT2D eigenvalue weighted by molar-refractivity contribution is -0.115. The van der Waals surface area contributed by atoms with E-state index in [9.17, 15) is 9.59 Å². The molecule has 0 saturated carbocycles. The molecule has 154 valence electrons. The SMILES string of the molecule is O=C(Cc1ccccc1)Nc1scc(-c2ccccc2)c1C(=O)NCc1ccccc1. The molecule has 2 amide bonds. The maximum Gasteiger partial charge on any atom is 0.255 e. The lowest BCUT2D eigenvalue weighted by atomic mass is 10.0. The molecule has 4 rings (SSSR count). The topological polar surface area (TPSA) is 58.2 Å². The van der Waals surface area contributed by atoms with E-state index in [0.717, 1.165) is 22.3 Å². The molecule has 0 aliphatic rings. The highest BCUT2D eigenvalue weighted by molar-refractivity contribution is 7.15. The van der Waals surface area contributed by atoms with Crippen molar-refractivity contribution in [1.29, 1.82) is 0 Å². The molecule has 5 heteroatoms. The fraction of sp³-hybridized carbons (Fsp3) is 0.0769. The van der Waals surface area contributed by atoms with Crippen LogP contribution in [0.15, 0.2) is 96.4 Å². The first-order valence-electron chi connectivity index (χ1n) is 10.0. The molecule has 0 unspecified atom stereocenters. The zero-order valence-electron chi connectivity index (χ0n) is 16.9. The molecular formula is C26H22N2O2S. The van der Waals surface area contributed by atoms with Gasteiger partial charge in [0.2, 0.25) is 5.91 Å². The molecule has 4 aromatic rings. The maximum absolute atomic E-state index is 13.2. The molecule has 2 N–H and O–H groups in total. The summed E-state index contributed by atoms with van der Waals surface area (Å²) in [6, 6.07) is 29.1. The first-order chi connectivity index (χ1) is 15.2. The number of hydrogen-bond acceptors (Lipinski definition) is 3. The summed E-state index contributed by atoms with van der Waals surface area (Å²) < 4.78 is 0. The predicted molar refractivity (Wildman–Crippen MR) is 126 cm³/mol. The van der Waals surface area contributed by atoms with Gasteiger partial charge in [-0.25, -0.2) is 0 Å². The highest BCUT2D eigenvalue weighted by Crippen LogP contribution is 2.35. The minimum absolute atomic E-state index is 0.148. The Morgan fingerprint density at radius 1 is 0.742 bits per heavy atom. The third kappa shape index (κ3) is 5.27. The van der Waals surface area contributed by atoms with Crippen LogP contribution in [0.3, 0.4) is 0 Å². The average Bonchev–Trinajstić information content (AvgIpc) is 3.23. The largest absolute Gasteiger partial charge is 0.348 e. The van der Waals surface area contributed by atoms with Crippen LogP contribution >= 0.6 is 11.3 Å². The third-order valence-corrected chi connectivity index (χ3v) is 5.75. The Labute approximate surface area is 185 Å². The smallest absolute Gasteiger partial charge is 0.255 e. The Morgan fingerprint density at radius 3 is 1.97 bits per heavy atom. The number of amides is 2. The second kappa shape index (κ2) is 9.87. The van der Waals surface area contributed by atoms with Gasteiger partial charge in [0.15, 0.2) is 0 Å². The Morgan fingerprint density at radius 2 is 1.32 bits per heavy atom. The molecule has 1 aromatic heterocycles. The summed E-state index contributed by atoms with van der Waals surface area (Å²) in [5, 5.41) is 8.42. The van der Waals surface area contributed by atoms with Crippen molar-refractivity contribution in [2.45, 2.75) is 13.0 Å². The zero-order valence-corrected chi connectivity index (χ0v) is 17.7. The molecule has 0 spiro atoms. The second-order valence-electron chi connectivity index (χ2n) is 7.10. The number of rotatable bonds is 7. The van der Waals surface area contributed by atoms with Crippen LogP contribution in [0, 0.1) is 0 Å². The molecule has 0 aliphatic heterocycles. The fourth-order valence-electron chi connectivity index (χ4n) is 3.32. The van der Waals surface area contributed by atoms with Crippen molar-refractivity contribution in [3.63, 3.8) is 0 Å². The van der Waals surface area contributed by atoms with Crippen LogP contribution in [0.1, 0.15) is 21.5 Å². The summed E-state index contributed by atoms with van der Waals surface area (Å²) in [6.45, 7) is 0.418. The van der Waals surface area contributed by atoms with Crippen LogP contribution in [-0.4, -0.2) is 11.8 Å². The average molecular weight is 427 g/mol. The summed E-state index contributed by atoms with van der Waals surface area (Å²) in [4.78, 5) is 25.8. The number of thiophene rings is 1. The van der Waals surface area contributed by atoms with Crippen molar-refractivity contribution < 1.29 is 9.59 Å². The summed E-state index contributed by atoms with van der Waals surface area (Å²) >= 11 is 1.37. The van der Waals surface area contributed by atoms with E-state index in [2.05, 4.69) is 10.6 Å². The quantitative estimate of drug-likeness (QED) is 0.408. The first-order valence-corrected chi connectivity index (χ1v) is 10.9. The summed E-state index contributed by atoms with van der Waals surface area (Å²) in [5.74, 6) is -0.358. The number of benzene rings is 3. The Bertz CT molecular complexity index is 1160. The van der Waals surface area contributed by atoms with E-state index >= 15 is 0 Å². The van der Waals surface area contributed by atoms with E-state index in [4.69, 9.17) is 0 Å².